The highest BCUT2D eigenvalue weighted by Gasteiger charge is 2.27. The standard InChI is InChI=1S/C24H27N3O/c1-2-27-16-14-25-23(27)18-26-15-6-9-22(17-26)24(28)21-12-10-20(11-13-21)19-7-4-3-5-8-19/h3-5,7-8,10-14,16,22H,2,6,9,15,17-18H2,1H3. The van der Waals surface area contributed by atoms with Gasteiger partial charge >= 0.3 is 0 Å². The molecular formula is C24H27N3O. The van der Waals surface area contributed by atoms with Crippen molar-refractivity contribution in [3.05, 3.63) is 78.4 Å². The molecule has 1 aliphatic rings. The number of carbonyl (C=O) groups is 1. The number of hydrogen-bond acceptors (Lipinski definition) is 3. The smallest absolute Gasteiger partial charge is 0.167 e. The van der Waals surface area contributed by atoms with Gasteiger partial charge in [-0.25, -0.2) is 4.98 Å². The van der Waals surface area contributed by atoms with E-state index < -0.39 is 0 Å². The molecule has 0 aliphatic carbocycles. The Morgan fingerprint density at radius 2 is 1.82 bits per heavy atom. The molecule has 4 nitrogen and oxygen atoms in total. The normalized spacial score (nSPS) is 17.5. The third kappa shape index (κ3) is 4.07. The van der Waals surface area contributed by atoms with Crippen molar-refractivity contribution in [1.82, 2.24) is 14.5 Å². The first-order valence-electron chi connectivity index (χ1n) is 10.2. The third-order valence-corrected chi connectivity index (χ3v) is 5.66. The highest BCUT2D eigenvalue weighted by Crippen LogP contribution is 2.24. The summed E-state index contributed by atoms with van der Waals surface area (Å²) in [6.45, 7) is 5.73. The zero-order chi connectivity index (χ0) is 19.3. The van der Waals surface area contributed by atoms with Gasteiger partial charge in [0.2, 0.25) is 0 Å². The van der Waals surface area contributed by atoms with Gasteiger partial charge in [0.1, 0.15) is 5.82 Å². The SMILES string of the molecule is CCn1ccnc1CN1CCCC(C(=O)c2ccc(-c3ccccc3)cc2)C1. The van der Waals surface area contributed by atoms with Gasteiger partial charge in [-0.15, -0.1) is 0 Å². The predicted molar refractivity (Wildman–Crippen MR) is 112 cm³/mol. The number of ketones is 1. The van der Waals surface area contributed by atoms with Crippen LogP contribution in [0.1, 0.15) is 35.9 Å². The lowest BCUT2D eigenvalue weighted by Crippen LogP contribution is -2.38. The Kier molecular flexibility index (Phi) is 5.68. The zero-order valence-electron chi connectivity index (χ0n) is 16.4. The minimum atomic E-state index is 0.0707. The maximum absolute atomic E-state index is 13.1. The van der Waals surface area contributed by atoms with Crippen LogP contribution in [0.5, 0.6) is 0 Å². The molecule has 1 saturated heterocycles. The second-order valence-electron chi connectivity index (χ2n) is 7.51. The molecule has 1 atom stereocenters. The average molecular weight is 374 g/mol. The summed E-state index contributed by atoms with van der Waals surface area (Å²) < 4.78 is 2.17. The Bertz CT molecular complexity index is 915. The fourth-order valence-corrected chi connectivity index (χ4v) is 4.09. The van der Waals surface area contributed by atoms with Gasteiger partial charge < -0.3 is 4.57 Å². The third-order valence-electron chi connectivity index (χ3n) is 5.66. The molecule has 2 heterocycles. The first-order chi connectivity index (χ1) is 13.7. The lowest BCUT2D eigenvalue weighted by Gasteiger charge is -2.31. The molecule has 1 aromatic heterocycles. The first-order valence-corrected chi connectivity index (χ1v) is 10.2. The topological polar surface area (TPSA) is 38.1 Å². The fourth-order valence-electron chi connectivity index (χ4n) is 4.09. The molecule has 3 aromatic rings. The quantitative estimate of drug-likeness (QED) is 0.590. The zero-order valence-corrected chi connectivity index (χ0v) is 16.4. The van der Waals surface area contributed by atoms with Gasteiger partial charge in [-0.1, -0.05) is 54.6 Å². The second-order valence-corrected chi connectivity index (χ2v) is 7.51. The summed E-state index contributed by atoms with van der Waals surface area (Å²) in [7, 11) is 0. The Hall–Kier alpha value is -2.72. The predicted octanol–water partition coefficient (Wildman–Crippen LogP) is 4.66. The fraction of sp³-hybridized carbons (Fsp3) is 0.333. The maximum atomic E-state index is 13.1. The van der Waals surface area contributed by atoms with Crippen molar-refractivity contribution in [2.45, 2.75) is 32.9 Å². The van der Waals surface area contributed by atoms with Crippen LogP contribution in [0.15, 0.2) is 67.0 Å². The van der Waals surface area contributed by atoms with Gasteiger partial charge in [-0.05, 0) is 37.4 Å². The van der Waals surface area contributed by atoms with Gasteiger partial charge in [0, 0.05) is 37.0 Å². The number of imidazole rings is 1. The summed E-state index contributed by atoms with van der Waals surface area (Å²) in [5, 5.41) is 0. The summed E-state index contributed by atoms with van der Waals surface area (Å²) in [5.74, 6) is 1.42. The van der Waals surface area contributed by atoms with Crippen molar-refractivity contribution in [3.63, 3.8) is 0 Å². The van der Waals surface area contributed by atoms with E-state index in [1.165, 1.54) is 5.56 Å². The van der Waals surface area contributed by atoms with E-state index in [0.29, 0.717) is 0 Å². The van der Waals surface area contributed by atoms with Crippen molar-refractivity contribution in [2.75, 3.05) is 13.1 Å². The van der Waals surface area contributed by atoms with Gasteiger partial charge in [-0.2, -0.15) is 0 Å². The van der Waals surface area contributed by atoms with Crippen LogP contribution in [0, 0.1) is 5.92 Å². The summed E-state index contributed by atoms with van der Waals surface area (Å²) in [6.07, 6.45) is 5.92. The molecule has 0 bridgehead atoms. The number of aromatic nitrogens is 2. The molecule has 2 aromatic carbocycles. The molecule has 1 aliphatic heterocycles. The Morgan fingerprint density at radius 3 is 2.57 bits per heavy atom. The molecule has 4 heteroatoms. The summed E-state index contributed by atoms with van der Waals surface area (Å²) in [5.41, 5.74) is 3.15. The average Bonchev–Trinajstić information content (AvgIpc) is 3.21. The molecule has 0 saturated carbocycles. The van der Waals surface area contributed by atoms with Crippen LogP contribution in [0.2, 0.25) is 0 Å². The molecule has 0 radical (unpaired) electrons. The van der Waals surface area contributed by atoms with E-state index in [0.717, 1.165) is 56.0 Å². The minimum absolute atomic E-state index is 0.0707. The highest BCUT2D eigenvalue weighted by molar-refractivity contribution is 5.98. The van der Waals surface area contributed by atoms with Gasteiger partial charge in [0.05, 0.1) is 6.54 Å². The Morgan fingerprint density at radius 1 is 1.07 bits per heavy atom. The number of nitrogens with zero attached hydrogens (tertiary/aromatic N) is 3. The molecule has 4 rings (SSSR count). The summed E-state index contributed by atoms with van der Waals surface area (Å²) >= 11 is 0. The van der Waals surface area contributed by atoms with E-state index in [4.69, 9.17) is 0 Å². The van der Waals surface area contributed by atoms with Crippen LogP contribution in [0.25, 0.3) is 11.1 Å². The van der Waals surface area contributed by atoms with Crippen molar-refractivity contribution in [2.24, 2.45) is 5.92 Å². The second kappa shape index (κ2) is 8.53. The highest BCUT2D eigenvalue weighted by atomic mass is 16.1. The van der Waals surface area contributed by atoms with Crippen molar-refractivity contribution in [3.8, 4) is 11.1 Å². The van der Waals surface area contributed by atoms with Gasteiger partial charge in [0.15, 0.2) is 5.78 Å². The summed E-state index contributed by atoms with van der Waals surface area (Å²) in [6, 6.07) is 18.3. The minimum Gasteiger partial charge on any atom is -0.334 e. The molecule has 0 spiro atoms. The van der Waals surface area contributed by atoms with E-state index in [2.05, 4.69) is 45.6 Å². The Balaban J connectivity index is 1.42. The van der Waals surface area contributed by atoms with E-state index in [1.807, 2.05) is 42.7 Å². The molecule has 28 heavy (non-hydrogen) atoms. The largest absolute Gasteiger partial charge is 0.334 e. The van der Waals surface area contributed by atoms with Gasteiger partial charge in [-0.3, -0.25) is 9.69 Å². The van der Waals surface area contributed by atoms with Crippen molar-refractivity contribution < 1.29 is 4.79 Å². The Labute approximate surface area is 166 Å². The molecular weight excluding hydrogens is 346 g/mol. The van der Waals surface area contributed by atoms with E-state index in [-0.39, 0.29) is 11.7 Å². The van der Waals surface area contributed by atoms with Crippen LogP contribution < -0.4 is 0 Å². The molecule has 144 valence electrons. The van der Waals surface area contributed by atoms with Crippen LogP contribution in [-0.2, 0) is 13.1 Å². The van der Waals surface area contributed by atoms with Crippen LogP contribution >= 0.6 is 0 Å². The number of Topliss-reactive ketones (excluding diaryl/α,β-unsaturated/α-hetero) is 1. The van der Waals surface area contributed by atoms with E-state index >= 15 is 0 Å². The first kappa shape index (κ1) is 18.6. The van der Waals surface area contributed by atoms with E-state index in [1.54, 1.807) is 0 Å². The van der Waals surface area contributed by atoms with Gasteiger partial charge in [0.25, 0.3) is 0 Å². The number of rotatable bonds is 6. The molecule has 1 unspecified atom stereocenters. The van der Waals surface area contributed by atoms with Crippen molar-refractivity contribution >= 4 is 5.78 Å². The van der Waals surface area contributed by atoms with E-state index in [9.17, 15) is 4.79 Å². The lowest BCUT2D eigenvalue weighted by atomic mass is 9.89. The maximum Gasteiger partial charge on any atom is 0.167 e. The number of carbonyl (C=O) groups excluding carboxylic acids is 1. The van der Waals surface area contributed by atoms with Crippen LogP contribution in [0.4, 0.5) is 0 Å². The lowest BCUT2D eigenvalue weighted by molar-refractivity contribution is 0.0807. The van der Waals surface area contributed by atoms with Crippen LogP contribution in [-0.4, -0.2) is 33.3 Å². The molecule has 0 N–H and O–H groups in total. The number of aryl methyl sites for hydroxylation is 1. The number of likely N-dealkylation sites (tertiary alicyclic amines) is 1. The summed E-state index contributed by atoms with van der Waals surface area (Å²) in [4.78, 5) is 19.9. The van der Waals surface area contributed by atoms with Crippen LogP contribution in [0.3, 0.4) is 0 Å². The molecule has 1 fully saturated rings. The molecule has 0 amide bonds. The monoisotopic (exact) mass is 373 g/mol. The number of hydrogen-bond donors (Lipinski definition) is 0. The van der Waals surface area contributed by atoms with Crippen molar-refractivity contribution in [1.29, 1.82) is 0 Å². The number of piperidine rings is 1. The number of benzene rings is 2.